The molecule has 0 aliphatic rings. The van der Waals surface area contributed by atoms with Gasteiger partial charge in [-0.25, -0.2) is 13.1 Å². The number of sulfonamides is 1. The number of aromatic nitrogens is 2. The van der Waals surface area contributed by atoms with E-state index < -0.39 is 16.0 Å². The third-order valence-corrected chi connectivity index (χ3v) is 4.70. The maximum atomic E-state index is 12.0. The molecule has 0 spiro atoms. The molecule has 114 valence electrons. The minimum atomic E-state index is -3.57. The maximum Gasteiger partial charge on any atom is 0.303 e. The molecule has 1 aromatic rings. The standard InChI is InChI=1S/C12H21N3O4S/c1-12(2,6-4-11(16)17)7-9-14-20(18,19)10-5-8-13-15(10)3/h5,8,14H,4,6-7,9H2,1-3H3,(H,16,17). The molecule has 0 bridgehead atoms. The fourth-order valence-corrected chi connectivity index (χ4v) is 2.95. The summed E-state index contributed by atoms with van der Waals surface area (Å²) >= 11 is 0. The zero-order chi connectivity index (χ0) is 15.4. The second kappa shape index (κ2) is 6.36. The van der Waals surface area contributed by atoms with Crippen molar-refractivity contribution in [3.05, 3.63) is 12.3 Å². The van der Waals surface area contributed by atoms with Gasteiger partial charge in [-0.2, -0.15) is 5.10 Å². The van der Waals surface area contributed by atoms with Gasteiger partial charge >= 0.3 is 5.97 Å². The summed E-state index contributed by atoms with van der Waals surface area (Å²) in [5.74, 6) is -0.839. The van der Waals surface area contributed by atoms with Gasteiger partial charge < -0.3 is 5.11 Å². The van der Waals surface area contributed by atoms with E-state index in [-0.39, 0.29) is 23.4 Å². The molecular formula is C12H21N3O4S. The zero-order valence-corrected chi connectivity index (χ0v) is 12.8. The highest BCUT2D eigenvalue weighted by molar-refractivity contribution is 7.89. The van der Waals surface area contributed by atoms with Crippen molar-refractivity contribution in [1.82, 2.24) is 14.5 Å². The summed E-state index contributed by atoms with van der Waals surface area (Å²) in [5, 5.41) is 12.6. The normalized spacial score (nSPS) is 12.6. The number of carbonyl (C=O) groups is 1. The Morgan fingerprint density at radius 2 is 2.10 bits per heavy atom. The van der Waals surface area contributed by atoms with Crippen LogP contribution in [0, 0.1) is 5.41 Å². The van der Waals surface area contributed by atoms with E-state index in [0.29, 0.717) is 12.8 Å². The van der Waals surface area contributed by atoms with Crippen LogP contribution in [0.25, 0.3) is 0 Å². The number of rotatable bonds is 8. The molecule has 8 heteroatoms. The average molecular weight is 303 g/mol. The summed E-state index contributed by atoms with van der Waals surface area (Å²) in [5.41, 5.74) is -0.229. The molecule has 0 unspecified atom stereocenters. The second-order valence-electron chi connectivity index (χ2n) is 5.50. The molecule has 20 heavy (non-hydrogen) atoms. The van der Waals surface area contributed by atoms with Crippen molar-refractivity contribution in [2.75, 3.05) is 6.54 Å². The van der Waals surface area contributed by atoms with Gasteiger partial charge in [-0.15, -0.1) is 0 Å². The van der Waals surface area contributed by atoms with Gasteiger partial charge in [0.25, 0.3) is 10.0 Å². The fourth-order valence-electron chi connectivity index (χ4n) is 1.79. The predicted molar refractivity (Wildman–Crippen MR) is 73.7 cm³/mol. The Kier molecular flexibility index (Phi) is 5.29. The van der Waals surface area contributed by atoms with E-state index in [2.05, 4.69) is 9.82 Å². The first kappa shape index (κ1) is 16.6. The minimum absolute atomic E-state index is 0.0848. The summed E-state index contributed by atoms with van der Waals surface area (Å²) < 4.78 is 27.8. The van der Waals surface area contributed by atoms with Gasteiger partial charge in [0.15, 0.2) is 5.03 Å². The molecule has 0 radical (unpaired) electrons. The second-order valence-corrected chi connectivity index (χ2v) is 7.21. The Balaban J connectivity index is 2.52. The van der Waals surface area contributed by atoms with Gasteiger partial charge in [0.1, 0.15) is 0 Å². The molecule has 2 N–H and O–H groups in total. The van der Waals surface area contributed by atoms with Gasteiger partial charge in [-0.1, -0.05) is 13.8 Å². The quantitative estimate of drug-likeness (QED) is 0.745. The first-order valence-corrected chi connectivity index (χ1v) is 7.82. The lowest BCUT2D eigenvalue weighted by Gasteiger charge is -2.23. The first-order valence-electron chi connectivity index (χ1n) is 6.33. The SMILES string of the molecule is Cn1nccc1S(=O)(=O)NCCC(C)(C)CCC(=O)O. The molecular weight excluding hydrogens is 282 g/mol. The number of carboxylic acid groups (broad SMARTS) is 1. The van der Waals surface area contributed by atoms with Crippen LogP contribution < -0.4 is 4.72 Å². The van der Waals surface area contributed by atoms with Crippen molar-refractivity contribution >= 4 is 16.0 Å². The highest BCUT2D eigenvalue weighted by Gasteiger charge is 2.22. The molecule has 0 aliphatic carbocycles. The van der Waals surface area contributed by atoms with Crippen molar-refractivity contribution in [2.45, 2.75) is 38.1 Å². The van der Waals surface area contributed by atoms with Crippen LogP contribution in [0.2, 0.25) is 0 Å². The van der Waals surface area contributed by atoms with Crippen molar-refractivity contribution in [3.8, 4) is 0 Å². The van der Waals surface area contributed by atoms with Crippen molar-refractivity contribution in [1.29, 1.82) is 0 Å². The topological polar surface area (TPSA) is 101 Å². The van der Waals surface area contributed by atoms with E-state index in [4.69, 9.17) is 5.11 Å². The predicted octanol–water partition coefficient (Wildman–Crippen LogP) is 0.979. The van der Waals surface area contributed by atoms with Gasteiger partial charge in [-0.05, 0) is 24.3 Å². The van der Waals surface area contributed by atoms with Crippen molar-refractivity contribution < 1.29 is 18.3 Å². The van der Waals surface area contributed by atoms with E-state index in [1.807, 2.05) is 13.8 Å². The largest absolute Gasteiger partial charge is 0.481 e. The van der Waals surface area contributed by atoms with Crippen molar-refractivity contribution in [2.24, 2.45) is 12.5 Å². The van der Waals surface area contributed by atoms with Gasteiger partial charge in [0, 0.05) is 20.0 Å². The van der Waals surface area contributed by atoms with Gasteiger partial charge in [0.05, 0.1) is 6.20 Å². The van der Waals surface area contributed by atoms with Gasteiger partial charge in [0.2, 0.25) is 0 Å². The van der Waals surface area contributed by atoms with Crippen LogP contribution in [0.5, 0.6) is 0 Å². The summed E-state index contributed by atoms with van der Waals surface area (Å²) in [6, 6.07) is 1.43. The van der Waals surface area contributed by atoms with Gasteiger partial charge in [-0.3, -0.25) is 9.48 Å². The zero-order valence-electron chi connectivity index (χ0n) is 12.0. The number of carboxylic acids is 1. The Bertz CT molecular complexity index is 563. The van der Waals surface area contributed by atoms with Crippen LogP contribution in [0.15, 0.2) is 17.3 Å². The lowest BCUT2D eigenvalue weighted by molar-refractivity contribution is -0.137. The van der Waals surface area contributed by atoms with E-state index in [0.717, 1.165) is 0 Å². The molecule has 0 saturated carbocycles. The highest BCUT2D eigenvalue weighted by atomic mass is 32.2. The fraction of sp³-hybridized carbons (Fsp3) is 0.667. The highest BCUT2D eigenvalue weighted by Crippen LogP contribution is 2.26. The summed E-state index contributed by atoms with van der Waals surface area (Å²) in [6.45, 7) is 4.11. The van der Waals surface area contributed by atoms with Crippen LogP contribution in [0.1, 0.15) is 33.1 Å². The van der Waals surface area contributed by atoms with Crippen LogP contribution in [-0.4, -0.2) is 35.8 Å². The maximum absolute atomic E-state index is 12.0. The Morgan fingerprint density at radius 3 is 2.60 bits per heavy atom. The van der Waals surface area contributed by atoms with E-state index in [1.165, 1.54) is 16.9 Å². The van der Waals surface area contributed by atoms with Crippen LogP contribution in [-0.2, 0) is 21.9 Å². The van der Waals surface area contributed by atoms with E-state index in [1.54, 1.807) is 7.05 Å². The smallest absolute Gasteiger partial charge is 0.303 e. The molecule has 0 fully saturated rings. The molecule has 1 heterocycles. The number of hydrogen-bond acceptors (Lipinski definition) is 4. The molecule has 7 nitrogen and oxygen atoms in total. The van der Waals surface area contributed by atoms with Crippen molar-refractivity contribution in [3.63, 3.8) is 0 Å². The van der Waals surface area contributed by atoms with Crippen LogP contribution in [0.4, 0.5) is 0 Å². The first-order chi connectivity index (χ1) is 9.14. The Hall–Kier alpha value is -1.41. The number of nitrogens with zero attached hydrogens (tertiary/aromatic N) is 2. The lowest BCUT2D eigenvalue weighted by Crippen LogP contribution is -2.29. The van der Waals surface area contributed by atoms with Crippen LogP contribution in [0.3, 0.4) is 0 Å². The number of hydrogen-bond donors (Lipinski definition) is 2. The minimum Gasteiger partial charge on any atom is -0.481 e. The molecule has 0 aromatic carbocycles. The molecule has 0 aliphatic heterocycles. The molecule has 0 atom stereocenters. The molecule has 1 aromatic heterocycles. The third-order valence-electron chi connectivity index (χ3n) is 3.16. The summed E-state index contributed by atoms with van der Waals surface area (Å²) in [4.78, 5) is 10.6. The van der Waals surface area contributed by atoms with E-state index >= 15 is 0 Å². The monoisotopic (exact) mass is 303 g/mol. The van der Waals surface area contributed by atoms with Crippen LogP contribution >= 0.6 is 0 Å². The third kappa shape index (κ3) is 4.93. The summed E-state index contributed by atoms with van der Waals surface area (Å²) in [7, 11) is -2.01. The molecule has 1 rings (SSSR count). The lowest BCUT2D eigenvalue weighted by atomic mass is 9.84. The molecule has 0 saturated heterocycles. The van der Waals surface area contributed by atoms with E-state index in [9.17, 15) is 13.2 Å². The molecule has 0 amide bonds. The number of nitrogens with one attached hydrogen (secondary N) is 1. The number of aliphatic carboxylic acids is 1. The number of aryl methyl sites for hydroxylation is 1. The Morgan fingerprint density at radius 1 is 1.45 bits per heavy atom. The average Bonchev–Trinajstić information content (AvgIpc) is 2.73. The Labute approximate surface area is 119 Å². The summed E-state index contributed by atoms with van der Waals surface area (Å²) in [6.07, 6.45) is 2.58.